The van der Waals surface area contributed by atoms with Crippen LogP contribution in [-0.2, 0) is 0 Å². The molecule has 3 heteroatoms. The second-order valence-corrected chi connectivity index (χ2v) is 3.73. The number of nitrogens with zero attached hydrogens (tertiary/aromatic N) is 1. The highest BCUT2D eigenvalue weighted by Gasteiger charge is 2.09. The van der Waals surface area contributed by atoms with Crippen LogP contribution in [-0.4, -0.2) is 16.9 Å². The van der Waals surface area contributed by atoms with Crippen molar-refractivity contribution in [2.45, 2.75) is 39.2 Å². The minimum atomic E-state index is -0.0841. The Bertz CT molecular complexity index is 298. The van der Waals surface area contributed by atoms with Gasteiger partial charge in [-0.05, 0) is 25.5 Å². The van der Waals surface area contributed by atoms with Crippen LogP contribution in [0.2, 0.25) is 0 Å². The fourth-order valence-electron chi connectivity index (χ4n) is 1.38. The molecule has 0 saturated carbocycles. The first-order valence-electron chi connectivity index (χ1n) is 5.46. The number of carbonyl (C=O) groups excluding carboxylic acids is 1. The van der Waals surface area contributed by atoms with Crippen molar-refractivity contribution in [1.29, 1.82) is 0 Å². The van der Waals surface area contributed by atoms with Crippen LogP contribution in [0, 0.1) is 0 Å². The molecule has 82 valence electrons. The summed E-state index contributed by atoms with van der Waals surface area (Å²) in [6, 6.07) is 5.57. The van der Waals surface area contributed by atoms with Crippen molar-refractivity contribution in [3.05, 3.63) is 30.1 Å². The normalized spacial score (nSPS) is 12.1. The van der Waals surface area contributed by atoms with Crippen LogP contribution in [0.15, 0.2) is 24.4 Å². The maximum Gasteiger partial charge on any atom is 0.270 e. The average Bonchev–Trinajstić information content (AvgIpc) is 2.27. The molecule has 0 saturated heterocycles. The molecule has 0 aliphatic rings. The molecule has 3 nitrogen and oxygen atoms in total. The molecule has 15 heavy (non-hydrogen) atoms. The van der Waals surface area contributed by atoms with Crippen LogP contribution in [0.5, 0.6) is 0 Å². The molecule has 1 N–H and O–H groups in total. The topological polar surface area (TPSA) is 42.0 Å². The highest BCUT2D eigenvalue weighted by Crippen LogP contribution is 2.01. The molecule has 0 aliphatic heterocycles. The lowest BCUT2D eigenvalue weighted by atomic mass is 10.1. The standard InChI is InChI=1S/C12H18N2O/c1-3-4-7-10(2)14-12(15)11-8-5-6-9-13-11/h5-6,8-10H,3-4,7H2,1-2H3,(H,14,15). The maximum absolute atomic E-state index is 11.6. The zero-order chi connectivity index (χ0) is 11.1. The number of amides is 1. The molecule has 1 heterocycles. The molecule has 1 aromatic heterocycles. The molecule has 0 aliphatic carbocycles. The summed E-state index contributed by atoms with van der Waals surface area (Å²) in [5.41, 5.74) is 0.487. The van der Waals surface area contributed by atoms with Crippen molar-refractivity contribution < 1.29 is 4.79 Å². The SMILES string of the molecule is CCCCC(C)NC(=O)c1ccccn1. The van der Waals surface area contributed by atoms with E-state index in [2.05, 4.69) is 17.2 Å². The minimum absolute atomic E-state index is 0.0841. The number of unbranched alkanes of at least 4 members (excludes halogenated alkanes) is 1. The zero-order valence-electron chi connectivity index (χ0n) is 9.36. The predicted octanol–water partition coefficient (Wildman–Crippen LogP) is 2.39. The Morgan fingerprint density at radius 3 is 2.93 bits per heavy atom. The fourth-order valence-corrected chi connectivity index (χ4v) is 1.38. The number of nitrogens with one attached hydrogen (secondary N) is 1. The molecule has 0 spiro atoms. The lowest BCUT2D eigenvalue weighted by molar-refractivity contribution is 0.0933. The van der Waals surface area contributed by atoms with Crippen LogP contribution < -0.4 is 5.32 Å². The monoisotopic (exact) mass is 206 g/mol. The highest BCUT2D eigenvalue weighted by molar-refractivity contribution is 5.92. The van der Waals surface area contributed by atoms with Crippen LogP contribution in [0.1, 0.15) is 43.6 Å². The highest BCUT2D eigenvalue weighted by atomic mass is 16.1. The smallest absolute Gasteiger partial charge is 0.270 e. The molecular weight excluding hydrogens is 188 g/mol. The number of rotatable bonds is 5. The van der Waals surface area contributed by atoms with E-state index in [1.807, 2.05) is 13.0 Å². The van der Waals surface area contributed by atoms with Gasteiger partial charge in [0.2, 0.25) is 0 Å². The van der Waals surface area contributed by atoms with Gasteiger partial charge in [-0.1, -0.05) is 25.8 Å². The Morgan fingerprint density at radius 2 is 2.33 bits per heavy atom. The molecule has 1 unspecified atom stereocenters. The summed E-state index contributed by atoms with van der Waals surface area (Å²) in [6.07, 6.45) is 4.95. The Kier molecular flexibility index (Phi) is 4.81. The van der Waals surface area contributed by atoms with E-state index in [0.29, 0.717) is 5.69 Å². The van der Waals surface area contributed by atoms with E-state index < -0.39 is 0 Å². The van der Waals surface area contributed by atoms with E-state index in [0.717, 1.165) is 19.3 Å². The van der Waals surface area contributed by atoms with Gasteiger partial charge < -0.3 is 5.32 Å². The van der Waals surface area contributed by atoms with Crippen molar-refractivity contribution in [1.82, 2.24) is 10.3 Å². The van der Waals surface area contributed by atoms with Gasteiger partial charge in [-0.2, -0.15) is 0 Å². The van der Waals surface area contributed by atoms with Crippen molar-refractivity contribution in [3.8, 4) is 0 Å². The first-order chi connectivity index (χ1) is 7.24. The Morgan fingerprint density at radius 1 is 1.53 bits per heavy atom. The Labute approximate surface area is 90.9 Å². The van der Waals surface area contributed by atoms with Crippen LogP contribution in [0.4, 0.5) is 0 Å². The summed E-state index contributed by atoms with van der Waals surface area (Å²) in [5, 5.41) is 2.93. The minimum Gasteiger partial charge on any atom is -0.348 e. The second kappa shape index (κ2) is 6.17. The third kappa shape index (κ3) is 4.11. The molecule has 1 amide bonds. The van der Waals surface area contributed by atoms with Gasteiger partial charge in [0.25, 0.3) is 5.91 Å². The largest absolute Gasteiger partial charge is 0.348 e. The van der Waals surface area contributed by atoms with Gasteiger partial charge in [-0.3, -0.25) is 9.78 Å². The summed E-state index contributed by atoms with van der Waals surface area (Å²) in [7, 11) is 0. The number of hydrogen-bond acceptors (Lipinski definition) is 2. The molecule has 1 rings (SSSR count). The first-order valence-corrected chi connectivity index (χ1v) is 5.46. The molecule has 0 radical (unpaired) electrons. The number of aromatic nitrogens is 1. The van der Waals surface area contributed by atoms with Gasteiger partial charge in [-0.15, -0.1) is 0 Å². The molecule has 0 aromatic carbocycles. The lowest BCUT2D eigenvalue weighted by Gasteiger charge is -2.12. The second-order valence-electron chi connectivity index (χ2n) is 3.73. The van der Waals surface area contributed by atoms with Crippen LogP contribution >= 0.6 is 0 Å². The van der Waals surface area contributed by atoms with Gasteiger partial charge in [-0.25, -0.2) is 0 Å². The van der Waals surface area contributed by atoms with Crippen LogP contribution in [0.25, 0.3) is 0 Å². The van der Waals surface area contributed by atoms with Crippen LogP contribution in [0.3, 0.4) is 0 Å². The fraction of sp³-hybridized carbons (Fsp3) is 0.500. The third-order valence-electron chi connectivity index (χ3n) is 2.27. The summed E-state index contributed by atoms with van der Waals surface area (Å²) in [5.74, 6) is -0.0841. The van der Waals surface area contributed by atoms with Crippen molar-refractivity contribution in [2.24, 2.45) is 0 Å². The molecule has 1 atom stereocenters. The summed E-state index contributed by atoms with van der Waals surface area (Å²) in [6.45, 7) is 4.17. The van der Waals surface area contributed by atoms with E-state index >= 15 is 0 Å². The first kappa shape index (κ1) is 11.7. The van der Waals surface area contributed by atoms with Crippen molar-refractivity contribution >= 4 is 5.91 Å². The predicted molar refractivity (Wildman–Crippen MR) is 60.7 cm³/mol. The van der Waals surface area contributed by atoms with E-state index in [4.69, 9.17) is 0 Å². The quantitative estimate of drug-likeness (QED) is 0.803. The number of carbonyl (C=O) groups is 1. The summed E-state index contributed by atoms with van der Waals surface area (Å²) in [4.78, 5) is 15.6. The third-order valence-corrected chi connectivity index (χ3v) is 2.27. The molecule has 0 bridgehead atoms. The molecule has 0 fully saturated rings. The average molecular weight is 206 g/mol. The van der Waals surface area contributed by atoms with Gasteiger partial charge in [0.15, 0.2) is 0 Å². The van der Waals surface area contributed by atoms with E-state index in [1.165, 1.54) is 0 Å². The van der Waals surface area contributed by atoms with E-state index in [-0.39, 0.29) is 11.9 Å². The molecule has 1 aromatic rings. The van der Waals surface area contributed by atoms with Gasteiger partial charge in [0, 0.05) is 12.2 Å². The zero-order valence-corrected chi connectivity index (χ0v) is 9.36. The Balaban J connectivity index is 2.42. The number of pyridine rings is 1. The van der Waals surface area contributed by atoms with Crippen molar-refractivity contribution in [2.75, 3.05) is 0 Å². The van der Waals surface area contributed by atoms with Gasteiger partial charge in [0.05, 0.1) is 0 Å². The molecular formula is C12H18N2O. The van der Waals surface area contributed by atoms with Gasteiger partial charge in [0.1, 0.15) is 5.69 Å². The van der Waals surface area contributed by atoms with Crippen molar-refractivity contribution in [3.63, 3.8) is 0 Å². The maximum atomic E-state index is 11.6. The summed E-state index contributed by atoms with van der Waals surface area (Å²) < 4.78 is 0. The van der Waals surface area contributed by atoms with E-state index in [9.17, 15) is 4.79 Å². The van der Waals surface area contributed by atoms with E-state index in [1.54, 1.807) is 18.3 Å². The Hall–Kier alpha value is -1.38. The summed E-state index contributed by atoms with van der Waals surface area (Å²) >= 11 is 0. The lowest BCUT2D eigenvalue weighted by Crippen LogP contribution is -2.32. The van der Waals surface area contributed by atoms with Gasteiger partial charge >= 0.3 is 0 Å². The number of hydrogen-bond donors (Lipinski definition) is 1.